The molecule has 1 saturated heterocycles. The zero-order valence-electron chi connectivity index (χ0n) is 13.7. The second kappa shape index (κ2) is 6.97. The van der Waals surface area contributed by atoms with E-state index < -0.39 is 0 Å². The number of nitrogens with zero attached hydrogens (tertiary/aromatic N) is 5. The SMILES string of the molecule is c1ccc(-c2n[nH]c(C3CCN(CCn4cccn4)CC3)n2)cc1. The number of nitrogens with one attached hydrogen (secondary N) is 1. The molecule has 24 heavy (non-hydrogen) atoms. The fourth-order valence-corrected chi connectivity index (χ4v) is 3.28. The molecule has 2 aromatic heterocycles. The number of rotatable bonds is 5. The molecule has 1 fully saturated rings. The van der Waals surface area contributed by atoms with E-state index in [2.05, 4.69) is 20.2 Å². The maximum atomic E-state index is 4.72. The van der Waals surface area contributed by atoms with Crippen LogP contribution in [0.5, 0.6) is 0 Å². The van der Waals surface area contributed by atoms with E-state index in [-0.39, 0.29) is 0 Å². The van der Waals surface area contributed by atoms with Crippen LogP contribution in [0, 0.1) is 0 Å². The molecule has 0 aliphatic carbocycles. The Bertz CT molecular complexity index is 741. The average Bonchev–Trinajstić information content (AvgIpc) is 3.33. The molecule has 1 N–H and O–H groups in total. The van der Waals surface area contributed by atoms with Gasteiger partial charge in [0, 0.05) is 30.4 Å². The Kier molecular flexibility index (Phi) is 4.38. The van der Waals surface area contributed by atoms with Gasteiger partial charge >= 0.3 is 0 Å². The van der Waals surface area contributed by atoms with Gasteiger partial charge in [-0.3, -0.25) is 9.78 Å². The molecule has 0 bridgehead atoms. The van der Waals surface area contributed by atoms with Crippen LogP contribution < -0.4 is 0 Å². The van der Waals surface area contributed by atoms with Gasteiger partial charge in [-0.15, -0.1) is 0 Å². The van der Waals surface area contributed by atoms with Crippen LogP contribution in [0.1, 0.15) is 24.6 Å². The molecule has 1 aromatic carbocycles. The van der Waals surface area contributed by atoms with E-state index in [1.165, 1.54) is 0 Å². The maximum Gasteiger partial charge on any atom is 0.181 e. The van der Waals surface area contributed by atoms with Gasteiger partial charge in [0.05, 0.1) is 6.54 Å². The minimum Gasteiger partial charge on any atom is -0.301 e. The summed E-state index contributed by atoms with van der Waals surface area (Å²) in [5.74, 6) is 2.31. The van der Waals surface area contributed by atoms with Gasteiger partial charge in [0.25, 0.3) is 0 Å². The van der Waals surface area contributed by atoms with Gasteiger partial charge in [0.1, 0.15) is 5.82 Å². The number of hydrogen-bond acceptors (Lipinski definition) is 4. The zero-order valence-corrected chi connectivity index (χ0v) is 13.7. The first kappa shape index (κ1) is 15.1. The van der Waals surface area contributed by atoms with Crippen molar-refractivity contribution in [3.05, 3.63) is 54.6 Å². The summed E-state index contributed by atoms with van der Waals surface area (Å²) >= 11 is 0. The lowest BCUT2D eigenvalue weighted by Gasteiger charge is -2.30. The number of hydrogen-bond donors (Lipinski definition) is 1. The Morgan fingerprint density at radius 2 is 1.88 bits per heavy atom. The molecule has 6 heteroatoms. The molecule has 3 aromatic rings. The van der Waals surface area contributed by atoms with Crippen molar-refractivity contribution >= 4 is 0 Å². The molecular weight excluding hydrogens is 300 g/mol. The predicted octanol–water partition coefficient (Wildman–Crippen LogP) is 2.55. The van der Waals surface area contributed by atoms with E-state index in [0.717, 1.165) is 56.2 Å². The minimum atomic E-state index is 0.482. The van der Waals surface area contributed by atoms with Crippen molar-refractivity contribution in [3.8, 4) is 11.4 Å². The van der Waals surface area contributed by atoms with Gasteiger partial charge in [-0.1, -0.05) is 30.3 Å². The molecular formula is C18H22N6. The highest BCUT2D eigenvalue weighted by molar-refractivity contribution is 5.53. The lowest BCUT2D eigenvalue weighted by Crippen LogP contribution is -2.35. The third-order valence-corrected chi connectivity index (χ3v) is 4.71. The van der Waals surface area contributed by atoms with Gasteiger partial charge in [0.15, 0.2) is 5.82 Å². The summed E-state index contributed by atoms with van der Waals surface area (Å²) in [5.41, 5.74) is 1.07. The number of aromatic amines is 1. The first-order valence-corrected chi connectivity index (χ1v) is 8.56. The van der Waals surface area contributed by atoms with Crippen molar-refractivity contribution in [1.82, 2.24) is 29.9 Å². The molecule has 0 radical (unpaired) electrons. The van der Waals surface area contributed by atoms with Crippen LogP contribution in [0.15, 0.2) is 48.8 Å². The molecule has 0 atom stereocenters. The smallest absolute Gasteiger partial charge is 0.181 e. The summed E-state index contributed by atoms with van der Waals surface area (Å²) in [6, 6.07) is 12.1. The van der Waals surface area contributed by atoms with Crippen LogP contribution in [0.3, 0.4) is 0 Å². The van der Waals surface area contributed by atoms with Crippen LogP contribution in [0.2, 0.25) is 0 Å². The molecule has 1 aliphatic heterocycles. The monoisotopic (exact) mass is 322 g/mol. The largest absolute Gasteiger partial charge is 0.301 e. The van der Waals surface area contributed by atoms with Crippen molar-refractivity contribution in [3.63, 3.8) is 0 Å². The summed E-state index contributed by atoms with van der Waals surface area (Å²) in [7, 11) is 0. The predicted molar refractivity (Wildman–Crippen MR) is 92.5 cm³/mol. The van der Waals surface area contributed by atoms with Crippen LogP contribution in [0.4, 0.5) is 0 Å². The number of H-pyrrole nitrogens is 1. The van der Waals surface area contributed by atoms with Crippen molar-refractivity contribution in [2.24, 2.45) is 0 Å². The van der Waals surface area contributed by atoms with Gasteiger partial charge in [-0.05, 0) is 32.0 Å². The lowest BCUT2D eigenvalue weighted by molar-refractivity contribution is 0.200. The van der Waals surface area contributed by atoms with Crippen LogP contribution >= 0.6 is 0 Å². The Labute approximate surface area is 141 Å². The summed E-state index contributed by atoms with van der Waals surface area (Å²) in [6.45, 7) is 4.22. The molecule has 6 nitrogen and oxygen atoms in total. The topological polar surface area (TPSA) is 62.6 Å². The van der Waals surface area contributed by atoms with Crippen molar-refractivity contribution in [1.29, 1.82) is 0 Å². The molecule has 0 amide bonds. The van der Waals surface area contributed by atoms with E-state index in [1.54, 1.807) is 0 Å². The van der Waals surface area contributed by atoms with Crippen LogP contribution in [-0.2, 0) is 6.54 Å². The summed E-state index contributed by atoms with van der Waals surface area (Å²) in [6.07, 6.45) is 6.11. The number of piperidine rings is 1. The Hall–Kier alpha value is -2.47. The second-order valence-corrected chi connectivity index (χ2v) is 6.30. The van der Waals surface area contributed by atoms with Crippen LogP contribution in [-0.4, -0.2) is 49.5 Å². The molecule has 1 aliphatic rings. The third kappa shape index (κ3) is 3.38. The average molecular weight is 322 g/mol. The molecule has 124 valence electrons. The molecule has 3 heterocycles. The van der Waals surface area contributed by atoms with E-state index in [4.69, 9.17) is 4.98 Å². The fourth-order valence-electron chi connectivity index (χ4n) is 3.28. The Morgan fingerprint density at radius 3 is 2.62 bits per heavy atom. The quantitative estimate of drug-likeness (QED) is 0.784. The summed E-state index contributed by atoms with van der Waals surface area (Å²) < 4.78 is 1.99. The van der Waals surface area contributed by atoms with E-state index in [1.807, 2.05) is 53.5 Å². The summed E-state index contributed by atoms with van der Waals surface area (Å²) in [5, 5.41) is 11.8. The zero-order chi connectivity index (χ0) is 16.2. The lowest BCUT2D eigenvalue weighted by atomic mass is 9.96. The van der Waals surface area contributed by atoms with Gasteiger partial charge in [-0.25, -0.2) is 4.98 Å². The number of aromatic nitrogens is 5. The van der Waals surface area contributed by atoms with E-state index >= 15 is 0 Å². The highest BCUT2D eigenvalue weighted by atomic mass is 15.3. The minimum absolute atomic E-state index is 0.482. The van der Waals surface area contributed by atoms with Crippen molar-refractivity contribution < 1.29 is 0 Å². The first-order chi connectivity index (χ1) is 11.9. The Morgan fingerprint density at radius 1 is 1.04 bits per heavy atom. The third-order valence-electron chi connectivity index (χ3n) is 4.71. The van der Waals surface area contributed by atoms with E-state index in [0.29, 0.717) is 5.92 Å². The molecule has 0 unspecified atom stereocenters. The van der Waals surface area contributed by atoms with Crippen molar-refractivity contribution in [2.75, 3.05) is 19.6 Å². The first-order valence-electron chi connectivity index (χ1n) is 8.56. The highest BCUT2D eigenvalue weighted by Gasteiger charge is 2.23. The Balaban J connectivity index is 1.32. The van der Waals surface area contributed by atoms with Gasteiger partial charge < -0.3 is 4.90 Å². The fraction of sp³-hybridized carbons (Fsp3) is 0.389. The van der Waals surface area contributed by atoms with Gasteiger partial charge in [0.2, 0.25) is 0 Å². The van der Waals surface area contributed by atoms with Gasteiger partial charge in [-0.2, -0.15) is 10.2 Å². The molecule has 0 saturated carbocycles. The van der Waals surface area contributed by atoms with Crippen LogP contribution in [0.25, 0.3) is 11.4 Å². The highest BCUT2D eigenvalue weighted by Crippen LogP contribution is 2.26. The van der Waals surface area contributed by atoms with E-state index in [9.17, 15) is 0 Å². The number of benzene rings is 1. The van der Waals surface area contributed by atoms with Crippen molar-refractivity contribution in [2.45, 2.75) is 25.3 Å². The number of likely N-dealkylation sites (tertiary alicyclic amines) is 1. The maximum absolute atomic E-state index is 4.72. The second-order valence-electron chi connectivity index (χ2n) is 6.30. The molecule has 4 rings (SSSR count). The summed E-state index contributed by atoms with van der Waals surface area (Å²) in [4.78, 5) is 7.22. The standard InChI is InChI=1S/C18H22N6/c1-2-5-15(6-3-1)17-20-18(22-21-17)16-7-11-23(12-8-16)13-14-24-10-4-9-19-24/h1-6,9-10,16H,7-8,11-14H2,(H,20,21,22). The molecule has 0 spiro atoms. The normalized spacial score (nSPS) is 16.5.